The molecule has 0 spiro atoms. The second-order valence-corrected chi connectivity index (χ2v) is 8.36. The number of nitrogens with zero attached hydrogens (tertiary/aromatic N) is 6. The van der Waals surface area contributed by atoms with Crippen molar-refractivity contribution in [3.8, 4) is 28.0 Å². The number of fused-ring (bicyclic) bond motifs is 2. The Morgan fingerprint density at radius 2 is 1.94 bits per heavy atom. The lowest BCUT2D eigenvalue weighted by Crippen LogP contribution is -2.15. The molecule has 0 saturated heterocycles. The molecule has 168 valence electrons. The summed E-state index contributed by atoms with van der Waals surface area (Å²) in [5.41, 5.74) is 3.83. The van der Waals surface area contributed by atoms with Crippen LogP contribution in [-0.2, 0) is 12.1 Å². The van der Waals surface area contributed by atoms with Gasteiger partial charge < -0.3 is 18.8 Å². The molecule has 0 bridgehead atoms. The van der Waals surface area contributed by atoms with Crippen LogP contribution in [0.25, 0.3) is 39.1 Å². The third-order valence-corrected chi connectivity index (χ3v) is 5.71. The van der Waals surface area contributed by atoms with E-state index in [4.69, 9.17) is 4.74 Å². The molecule has 0 aliphatic rings. The summed E-state index contributed by atoms with van der Waals surface area (Å²) in [7, 11) is 1.53. The monoisotopic (exact) mass is 446 g/mol. The van der Waals surface area contributed by atoms with E-state index < -0.39 is 11.4 Å². The van der Waals surface area contributed by atoms with E-state index in [1.54, 1.807) is 61.4 Å². The quantitative estimate of drug-likeness (QED) is 0.435. The van der Waals surface area contributed by atoms with Gasteiger partial charge in [0.15, 0.2) is 5.65 Å². The van der Waals surface area contributed by atoms with Crippen molar-refractivity contribution in [1.82, 2.24) is 29.1 Å². The molecule has 33 heavy (non-hydrogen) atoms. The Labute approximate surface area is 189 Å². The van der Waals surface area contributed by atoms with E-state index in [1.807, 2.05) is 11.5 Å². The van der Waals surface area contributed by atoms with Gasteiger partial charge in [0.25, 0.3) is 0 Å². The van der Waals surface area contributed by atoms with Gasteiger partial charge in [-0.05, 0) is 38.5 Å². The number of rotatable bonds is 5. The maximum Gasteiger partial charge on any atom is 0.183 e. The Morgan fingerprint density at radius 1 is 1.12 bits per heavy atom. The number of pyridine rings is 1. The number of halogens is 1. The number of aryl methyl sites for hydroxylation is 1. The van der Waals surface area contributed by atoms with Crippen molar-refractivity contribution in [2.75, 3.05) is 7.11 Å². The normalized spacial score (nSPS) is 12.1. The second kappa shape index (κ2) is 7.63. The van der Waals surface area contributed by atoms with Gasteiger partial charge in [0.2, 0.25) is 0 Å². The van der Waals surface area contributed by atoms with Crippen molar-refractivity contribution < 1.29 is 14.2 Å². The van der Waals surface area contributed by atoms with Crippen LogP contribution >= 0.6 is 0 Å². The summed E-state index contributed by atoms with van der Waals surface area (Å²) in [4.78, 5) is 8.97. The van der Waals surface area contributed by atoms with Gasteiger partial charge in [0.1, 0.15) is 28.3 Å². The van der Waals surface area contributed by atoms with Crippen LogP contribution in [0.4, 0.5) is 4.39 Å². The molecule has 4 aromatic heterocycles. The van der Waals surface area contributed by atoms with Crippen molar-refractivity contribution in [2.24, 2.45) is 0 Å². The maximum atomic E-state index is 15.1. The van der Waals surface area contributed by atoms with E-state index in [9.17, 15) is 5.11 Å². The van der Waals surface area contributed by atoms with Crippen LogP contribution in [0.1, 0.15) is 26.5 Å². The fourth-order valence-electron chi connectivity index (χ4n) is 3.90. The van der Waals surface area contributed by atoms with Gasteiger partial charge >= 0.3 is 0 Å². The summed E-state index contributed by atoms with van der Waals surface area (Å²) >= 11 is 0. The van der Waals surface area contributed by atoms with Gasteiger partial charge in [0.05, 0.1) is 25.3 Å². The Hall–Kier alpha value is -3.85. The van der Waals surface area contributed by atoms with E-state index in [1.165, 1.54) is 13.2 Å². The number of imidazole rings is 2. The molecule has 1 N–H and O–H groups in total. The topological polar surface area (TPSA) is 90.4 Å². The van der Waals surface area contributed by atoms with Crippen LogP contribution in [0.3, 0.4) is 0 Å². The van der Waals surface area contributed by atoms with Crippen molar-refractivity contribution in [3.63, 3.8) is 0 Å². The Kier molecular flexibility index (Phi) is 4.86. The van der Waals surface area contributed by atoms with Gasteiger partial charge in [-0.2, -0.15) is 5.10 Å². The first-order valence-electron chi connectivity index (χ1n) is 10.6. The Bertz CT molecular complexity index is 1500. The fourth-order valence-corrected chi connectivity index (χ4v) is 3.90. The molecule has 0 amide bonds. The average Bonchev–Trinajstić information content (AvgIpc) is 3.42. The molecule has 4 heterocycles. The predicted molar refractivity (Wildman–Crippen MR) is 122 cm³/mol. The summed E-state index contributed by atoms with van der Waals surface area (Å²) in [6.45, 7) is 6.06. The van der Waals surface area contributed by atoms with E-state index in [0.717, 1.165) is 17.7 Å². The minimum absolute atomic E-state index is 0.365. The third-order valence-electron chi connectivity index (χ3n) is 5.71. The maximum absolute atomic E-state index is 15.1. The summed E-state index contributed by atoms with van der Waals surface area (Å²) in [5.74, 6) is 0.0799. The van der Waals surface area contributed by atoms with E-state index in [2.05, 4.69) is 20.2 Å². The molecule has 0 aliphatic carbocycles. The lowest BCUT2D eigenvalue weighted by atomic mass is 9.99. The molecule has 9 heteroatoms. The van der Waals surface area contributed by atoms with Gasteiger partial charge in [-0.3, -0.25) is 0 Å². The minimum atomic E-state index is -1.10. The molecule has 0 radical (unpaired) electrons. The fraction of sp³-hybridized carbons (Fsp3) is 0.250. The largest absolute Gasteiger partial charge is 0.496 e. The molecular formula is C24H23FN6O2. The molecule has 5 rings (SSSR count). The van der Waals surface area contributed by atoms with Crippen molar-refractivity contribution in [1.29, 1.82) is 0 Å². The zero-order chi connectivity index (χ0) is 23.3. The molecular weight excluding hydrogens is 423 g/mol. The molecule has 0 atom stereocenters. The number of aliphatic hydroxyl groups is 1. The van der Waals surface area contributed by atoms with Gasteiger partial charge in [-0.1, -0.05) is 6.07 Å². The average molecular weight is 446 g/mol. The lowest BCUT2D eigenvalue weighted by Gasteiger charge is -2.12. The standard InChI is InChI=1S/C24H23FN6O2/c1-5-30-13-26-22-16(10-27-29-23(22)30)14-6-7-18(25)15(8-14)17-11-31-12-20(24(2,3)32)28-21(31)9-19(17)33-4/h6-13,32H,5H2,1-4H3. The first kappa shape index (κ1) is 21.0. The highest BCUT2D eigenvalue weighted by molar-refractivity contribution is 5.90. The summed E-state index contributed by atoms with van der Waals surface area (Å²) in [6, 6.07) is 6.61. The van der Waals surface area contributed by atoms with Crippen molar-refractivity contribution in [2.45, 2.75) is 32.9 Å². The molecule has 0 aliphatic heterocycles. The summed E-state index contributed by atoms with van der Waals surface area (Å²) < 4.78 is 24.3. The van der Waals surface area contributed by atoms with Crippen LogP contribution in [0.15, 0.2) is 49.2 Å². The lowest BCUT2D eigenvalue weighted by molar-refractivity contribution is 0.0744. The number of hydrogen-bond donors (Lipinski definition) is 1. The zero-order valence-electron chi connectivity index (χ0n) is 18.7. The minimum Gasteiger partial charge on any atom is -0.496 e. The summed E-state index contributed by atoms with van der Waals surface area (Å²) in [5, 5.41) is 18.7. The summed E-state index contributed by atoms with van der Waals surface area (Å²) in [6.07, 6.45) is 6.85. The van der Waals surface area contributed by atoms with Crippen LogP contribution in [0.2, 0.25) is 0 Å². The van der Waals surface area contributed by atoms with Crippen LogP contribution in [0, 0.1) is 5.82 Å². The van der Waals surface area contributed by atoms with Gasteiger partial charge in [-0.15, -0.1) is 5.10 Å². The number of benzene rings is 1. The predicted octanol–water partition coefficient (Wildman–Crippen LogP) is 4.20. The van der Waals surface area contributed by atoms with Gasteiger partial charge in [-0.25, -0.2) is 14.4 Å². The number of aromatic nitrogens is 6. The van der Waals surface area contributed by atoms with Crippen molar-refractivity contribution in [3.05, 3.63) is 60.7 Å². The smallest absolute Gasteiger partial charge is 0.183 e. The SMILES string of the molecule is CCn1cnc2c(-c3ccc(F)c(-c4cn5cc(C(C)(C)O)nc5cc4OC)c3)cnnc21. The third kappa shape index (κ3) is 3.50. The van der Waals surface area contributed by atoms with Crippen LogP contribution < -0.4 is 4.74 Å². The molecule has 1 aromatic carbocycles. The first-order chi connectivity index (χ1) is 15.8. The second-order valence-electron chi connectivity index (χ2n) is 8.36. The first-order valence-corrected chi connectivity index (χ1v) is 10.6. The highest BCUT2D eigenvalue weighted by atomic mass is 19.1. The van der Waals surface area contributed by atoms with Crippen LogP contribution in [0.5, 0.6) is 5.75 Å². The van der Waals surface area contributed by atoms with E-state index in [-0.39, 0.29) is 0 Å². The highest BCUT2D eigenvalue weighted by Gasteiger charge is 2.22. The number of hydrogen-bond acceptors (Lipinski definition) is 6. The molecule has 0 fully saturated rings. The number of ether oxygens (including phenoxy) is 1. The van der Waals surface area contributed by atoms with Gasteiger partial charge in [0, 0.05) is 41.7 Å². The van der Waals surface area contributed by atoms with Crippen LogP contribution in [-0.4, -0.2) is 41.3 Å². The van der Waals surface area contributed by atoms with E-state index in [0.29, 0.717) is 39.4 Å². The van der Waals surface area contributed by atoms with E-state index >= 15 is 4.39 Å². The molecule has 5 aromatic rings. The Morgan fingerprint density at radius 3 is 2.67 bits per heavy atom. The molecule has 8 nitrogen and oxygen atoms in total. The van der Waals surface area contributed by atoms with Crippen molar-refractivity contribution >= 4 is 16.8 Å². The molecule has 0 unspecified atom stereocenters. The zero-order valence-corrected chi connectivity index (χ0v) is 18.7. The molecule has 0 saturated carbocycles. The highest BCUT2D eigenvalue weighted by Crippen LogP contribution is 2.37. The Balaban J connectivity index is 1.69. The number of methoxy groups -OCH3 is 1.